The van der Waals surface area contributed by atoms with Crippen molar-refractivity contribution in [1.29, 1.82) is 0 Å². The molecule has 0 amide bonds. The van der Waals surface area contributed by atoms with Crippen molar-refractivity contribution in [3.05, 3.63) is 81.7 Å². The number of fused-ring (bicyclic) bond motifs is 1. The number of halogens is 4. The van der Waals surface area contributed by atoms with Gasteiger partial charge in [-0.25, -0.2) is 22.4 Å². The number of benzene rings is 3. The Morgan fingerprint density at radius 1 is 0.750 bits per heavy atom. The maximum atomic E-state index is 14.8. The van der Waals surface area contributed by atoms with Gasteiger partial charge in [0.05, 0.1) is 5.56 Å². The van der Waals surface area contributed by atoms with Crippen LogP contribution in [0.4, 0.5) is 17.6 Å². The molecule has 0 fully saturated rings. The van der Waals surface area contributed by atoms with Crippen LogP contribution in [0.15, 0.2) is 51.7 Å². The Morgan fingerprint density at radius 3 is 1.89 bits per heavy atom. The number of hydrogen-bond acceptors (Lipinski definition) is 6. The fraction of sp³-hybridized carbons (Fsp3) is 0.115. The molecule has 1 heterocycles. The van der Waals surface area contributed by atoms with Crippen molar-refractivity contribution in [1.82, 2.24) is 0 Å². The highest BCUT2D eigenvalue weighted by Gasteiger charge is 2.24. The van der Waals surface area contributed by atoms with Crippen molar-refractivity contribution in [2.75, 3.05) is 0 Å². The molecular weight excluding hydrogens is 484 g/mol. The van der Waals surface area contributed by atoms with E-state index >= 15 is 0 Å². The van der Waals surface area contributed by atoms with E-state index in [9.17, 15) is 31.9 Å². The second-order valence-electron chi connectivity index (χ2n) is 7.79. The third-order valence-corrected chi connectivity index (χ3v) is 5.27. The molecule has 36 heavy (non-hydrogen) atoms. The zero-order valence-electron chi connectivity index (χ0n) is 19.0. The van der Waals surface area contributed by atoms with Crippen LogP contribution in [-0.4, -0.2) is 11.9 Å². The van der Waals surface area contributed by atoms with Crippen molar-refractivity contribution in [2.45, 2.75) is 20.8 Å². The van der Waals surface area contributed by atoms with E-state index in [4.69, 9.17) is 13.9 Å². The van der Waals surface area contributed by atoms with Gasteiger partial charge in [-0.3, -0.25) is 9.59 Å². The minimum absolute atomic E-state index is 0.00240. The van der Waals surface area contributed by atoms with Gasteiger partial charge >= 0.3 is 17.6 Å². The minimum atomic E-state index is -1.73. The lowest BCUT2D eigenvalue weighted by atomic mass is 9.92. The first-order valence-corrected chi connectivity index (χ1v) is 10.4. The number of rotatable bonds is 4. The van der Waals surface area contributed by atoms with Crippen LogP contribution in [0.5, 0.6) is 11.5 Å². The predicted molar refractivity (Wildman–Crippen MR) is 121 cm³/mol. The molecule has 0 bridgehead atoms. The highest BCUT2D eigenvalue weighted by Crippen LogP contribution is 2.40. The van der Waals surface area contributed by atoms with Crippen molar-refractivity contribution < 1.29 is 41.0 Å². The van der Waals surface area contributed by atoms with E-state index in [2.05, 4.69) is 0 Å². The van der Waals surface area contributed by atoms with Crippen LogP contribution in [0.3, 0.4) is 0 Å². The molecule has 10 heteroatoms. The van der Waals surface area contributed by atoms with Crippen LogP contribution < -0.4 is 15.1 Å². The highest BCUT2D eigenvalue weighted by molar-refractivity contribution is 6.02. The first kappa shape index (κ1) is 24.6. The van der Waals surface area contributed by atoms with Crippen LogP contribution in [0, 0.1) is 30.2 Å². The summed E-state index contributed by atoms with van der Waals surface area (Å²) in [5.41, 5.74) is -1.54. The SMILES string of the molecule is CC(=O)Oc1ccc(-c2c(-c3cc(F)c(F)c(F)c3)c(=O)oc3c(C)c(OC(C)=O)ccc23)cc1F. The van der Waals surface area contributed by atoms with Gasteiger partial charge in [0.25, 0.3) is 0 Å². The van der Waals surface area contributed by atoms with Crippen LogP contribution in [0.2, 0.25) is 0 Å². The topological polar surface area (TPSA) is 82.8 Å². The van der Waals surface area contributed by atoms with Crippen molar-refractivity contribution in [3.63, 3.8) is 0 Å². The minimum Gasteiger partial charge on any atom is -0.426 e. The van der Waals surface area contributed by atoms with Gasteiger partial charge in [-0.05, 0) is 54.4 Å². The Morgan fingerprint density at radius 2 is 1.31 bits per heavy atom. The maximum Gasteiger partial charge on any atom is 0.344 e. The molecule has 4 aromatic rings. The van der Waals surface area contributed by atoms with E-state index in [1.165, 1.54) is 32.0 Å². The van der Waals surface area contributed by atoms with Crippen molar-refractivity contribution >= 4 is 22.9 Å². The summed E-state index contributed by atoms with van der Waals surface area (Å²) in [7, 11) is 0. The average Bonchev–Trinajstić information content (AvgIpc) is 2.79. The van der Waals surface area contributed by atoms with E-state index in [1.54, 1.807) is 0 Å². The Kier molecular flexibility index (Phi) is 6.36. The lowest BCUT2D eigenvalue weighted by Gasteiger charge is -2.16. The van der Waals surface area contributed by atoms with Crippen molar-refractivity contribution in [3.8, 4) is 33.8 Å². The molecule has 3 aromatic carbocycles. The summed E-state index contributed by atoms with van der Waals surface area (Å²) < 4.78 is 71.9. The molecule has 6 nitrogen and oxygen atoms in total. The summed E-state index contributed by atoms with van der Waals surface area (Å²) in [6.07, 6.45) is 0. The number of esters is 2. The summed E-state index contributed by atoms with van der Waals surface area (Å²) in [4.78, 5) is 35.8. The molecular formula is C26H16F4O6. The molecule has 0 atom stereocenters. The van der Waals surface area contributed by atoms with Crippen LogP contribution in [0.1, 0.15) is 19.4 Å². The van der Waals surface area contributed by atoms with E-state index in [0.717, 1.165) is 19.1 Å². The molecule has 4 rings (SSSR count). The Bertz CT molecular complexity index is 1600. The molecule has 0 unspecified atom stereocenters. The molecule has 184 valence electrons. The molecule has 0 N–H and O–H groups in total. The van der Waals surface area contributed by atoms with Gasteiger partial charge in [0, 0.05) is 30.4 Å². The van der Waals surface area contributed by atoms with Gasteiger partial charge in [0.1, 0.15) is 11.3 Å². The first-order valence-electron chi connectivity index (χ1n) is 10.4. The number of carbonyl (C=O) groups is 2. The monoisotopic (exact) mass is 500 g/mol. The summed E-state index contributed by atoms with van der Waals surface area (Å²) >= 11 is 0. The molecule has 0 aliphatic carbocycles. The smallest absolute Gasteiger partial charge is 0.344 e. The second kappa shape index (κ2) is 9.29. The number of ether oxygens (including phenoxy) is 2. The van der Waals surface area contributed by atoms with Gasteiger partial charge in [-0.15, -0.1) is 0 Å². The first-order chi connectivity index (χ1) is 17.0. The van der Waals surface area contributed by atoms with Gasteiger partial charge in [-0.2, -0.15) is 0 Å². The Labute approximate surface area is 200 Å². The molecule has 0 saturated carbocycles. The molecule has 0 radical (unpaired) electrons. The lowest BCUT2D eigenvalue weighted by molar-refractivity contribution is -0.132. The third kappa shape index (κ3) is 4.45. The molecule has 0 spiro atoms. The van der Waals surface area contributed by atoms with E-state index in [1.807, 2.05) is 0 Å². The number of hydrogen-bond donors (Lipinski definition) is 0. The summed E-state index contributed by atoms with van der Waals surface area (Å²) in [5.74, 6) is -7.47. The lowest BCUT2D eigenvalue weighted by Crippen LogP contribution is -2.09. The predicted octanol–water partition coefficient (Wildman–Crippen LogP) is 5.84. The maximum absolute atomic E-state index is 14.8. The second-order valence-corrected chi connectivity index (χ2v) is 7.79. The fourth-order valence-corrected chi connectivity index (χ4v) is 3.80. The Hall–Kier alpha value is -4.47. The zero-order valence-corrected chi connectivity index (χ0v) is 19.0. The number of aryl methyl sites for hydroxylation is 1. The molecule has 1 aromatic heterocycles. The van der Waals surface area contributed by atoms with Crippen LogP contribution in [0.25, 0.3) is 33.2 Å². The molecule has 0 aliphatic rings. The van der Waals surface area contributed by atoms with E-state index < -0.39 is 40.8 Å². The number of carbonyl (C=O) groups excluding carboxylic acids is 2. The Balaban J connectivity index is 2.10. The third-order valence-electron chi connectivity index (χ3n) is 5.27. The van der Waals surface area contributed by atoms with Crippen LogP contribution in [-0.2, 0) is 9.59 Å². The van der Waals surface area contributed by atoms with Gasteiger partial charge < -0.3 is 13.9 Å². The van der Waals surface area contributed by atoms with E-state index in [0.29, 0.717) is 12.1 Å². The molecule has 0 aliphatic heterocycles. The normalized spacial score (nSPS) is 11.0. The quantitative estimate of drug-likeness (QED) is 0.115. The van der Waals surface area contributed by atoms with Gasteiger partial charge in [0.15, 0.2) is 29.0 Å². The van der Waals surface area contributed by atoms with E-state index in [-0.39, 0.29) is 50.3 Å². The fourth-order valence-electron chi connectivity index (χ4n) is 3.80. The van der Waals surface area contributed by atoms with Crippen molar-refractivity contribution in [2.24, 2.45) is 0 Å². The highest BCUT2D eigenvalue weighted by atomic mass is 19.2. The largest absolute Gasteiger partial charge is 0.426 e. The summed E-state index contributed by atoms with van der Waals surface area (Å²) in [6.45, 7) is 3.77. The summed E-state index contributed by atoms with van der Waals surface area (Å²) in [5, 5.41) is 0.197. The molecule has 0 saturated heterocycles. The zero-order chi connectivity index (χ0) is 26.3. The van der Waals surface area contributed by atoms with Crippen LogP contribution >= 0.6 is 0 Å². The standard InChI is InChI=1S/C26H16F4O6/c1-11-20(34-12(2)31)7-5-16-22(14-4-6-21(17(27)8-14)35-13(3)32)23(26(33)36-25(11)16)15-9-18(28)24(30)19(29)10-15/h4-10H,1-3H3. The van der Waals surface area contributed by atoms with Gasteiger partial charge in [0.2, 0.25) is 0 Å². The summed E-state index contributed by atoms with van der Waals surface area (Å²) in [6, 6.07) is 7.47. The average molecular weight is 500 g/mol. The van der Waals surface area contributed by atoms with Gasteiger partial charge in [-0.1, -0.05) is 6.07 Å².